The highest BCUT2D eigenvalue weighted by atomic mass is 14.9. The molecule has 0 aliphatic heterocycles. The highest BCUT2D eigenvalue weighted by Crippen LogP contribution is 2.09. The molecule has 1 aromatic rings. The second-order valence-electron chi connectivity index (χ2n) is 2.56. The van der Waals surface area contributed by atoms with E-state index in [1.54, 1.807) is 0 Å². The van der Waals surface area contributed by atoms with Crippen molar-refractivity contribution < 1.29 is 0 Å². The molecule has 0 saturated heterocycles. The molecule has 1 heterocycles. The molecule has 0 aliphatic rings. The molecule has 1 N–H and O–H groups in total. The Labute approximate surface area is 67.7 Å². The van der Waals surface area contributed by atoms with E-state index < -0.39 is 0 Å². The van der Waals surface area contributed by atoms with E-state index in [-0.39, 0.29) is 0 Å². The van der Waals surface area contributed by atoms with Gasteiger partial charge in [0.05, 0.1) is 11.4 Å². The smallest absolute Gasteiger partial charge is 0.0603 e. The van der Waals surface area contributed by atoms with Gasteiger partial charge in [0.25, 0.3) is 0 Å². The Morgan fingerprint density at radius 3 is 3.00 bits per heavy atom. The van der Waals surface area contributed by atoms with Gasteiger partial charge in [-0.05, 0) is 25.5 Å². The predicted octanol–water partition coefficient (Wildman–Crippen LogP) is 2.21. The summed E-state index contributed by atoms with van der Waals surface area (Å²) in [5.41, 5.74) is 2.22. The van der Waals surface area contributed by atoms with Crippen LogP contribution in [0.4, 0.5) is 5.69 Å². The van der Waals surface area contributed by atoms with Gasteiger partial charge in [0.2, 0.25) is 0 Å². The molecule has 60 valence electrons. The lowest BCUT2D eigenvalue weighted by Gasteiger charge is -2.05. The summed E-state index contributed by atoms with van der Waals surface area (Å²) >= 11 is 0. The van der Waals surface area contributed by atoms with E-state index >= 15 is 0 Å². The van der Waals surface area contributed by atoms with Crippen LogP contribution in [-0.4, -0.2) is 11.5 Å². The zero-order valence-corrected chi connectivity index (χ0v) is 7.09. The zero-order valence-electron chi connectivity index (χ0n) is 7.09. The Hall–Kier alpha value is -1.05. The minimum Gasteiger partial charge on any atom is -0.384 e. The molecule has 2 heteroatoms. The summed E-state index contributed by atoms with van der Waals surface area (Å²) in [4.78, 5) is 4.17. The van der Waals surface area contributed by atoms with Crippen molar-refractivity contribution in [2.75, 3.05) is 11.9 Å². The number of hydrogen-bond acceptors (Lipinski definition) is 2. The van der Waals surface area contributed by atoms with E-state index in [9.17, 15) is 0 Å². The van der Waals surface area contributed by atoms with Gasteiger partial charge in [0.15, 0.2) is 0 Å². The van der Waals surface area contributed by atoms with Gasteiger partial charge >= 0.3 is 0 Å². The fraction of sp³-hybridized carbons (Fsp3) is 0.444. The van der Waals surface area contributed by atoms with Gasteiger partial charge < -0.3 is 5.32 Å². The molecule has 2 nitrogen and oxygen atoms in total. The van der Waals surface area contributed by atoms with Crippen LogP contribution >= 0.6 is 0 Å². The monoisotopic (exact) mass is 150 g/mol. The summed E-state index contributed by atoms with van der Waals surface area (Å²) in [7, 11) is 0. The maximum Gasteiger partial charge on any atom is 0.0603 e. The van der Waals surface area contributed by atoms with E-state index in [1.165, 1.54) is 0 Å². The SMILES string of the molecule is CCCNc1cccnc1C. The fourth-order valence-electron chi connectivity index (χ4n) is 0.931. The third-order valence-corrected chi connectivity index (χ3v) is 1.57. The average Bonchev–Trinajstić information content (AvgIpc) is 2.03. The number of aryl methyl sites for hydroxylation is 1. The van der Waals surface area contributed by atoms with Crippen molar-refractivity contribution in [3.8, 4) is 0 Å². The van der Waals surface area contributed by atoms with Crippen LogP contribution in [-0.2, 0) is 0 Å². The van der Waals surface area contributed by atoms with Crippen molar-refractivity contribution in [2.45, 2.75) is 20.3 Å². The molecule has 0 unspecified atom stereocenters. The maximum atomic E-state index is 4.17. The Bertz CT molecular complexity index is 221. The summed E-state index contributed by atoms with van der Waals surface area (Å²) in [6.45, 7) is 5.18. The third-order valence-electron chi connectivity index (χ3n) is 1.57. The van der Waals surface area contributed by atoms with Gasteiger partial charge in [-0.15, -0.1) is 0 Å². The first-order valence-electron chi connectivity index (χ1n) is 4.00. The number of nitrogens with zero attached hydrogens (tertiary/aromatic N) is 1. The van der Waals surface area contributed by atoms with Crippen LogP contribution in [0.2, 0.25) is 0 Å². The number of hydrogen-bond donors (Lipinski definition) is 1. The Morgan fingerprint density at radius 1 is 1.55 bits per heavy atom. The molecular weight excluding hydrogens is 136 g/mol. The molecule has 11 heavy (non-hydrogen) atoms. The van der Waals surface area contributed by atoms with Crippen LogP contribution in [0.1, 0.15) is 19.0 Å². The van der Waals surface area contributed by atoms with Gasteiger partial charge in [-0.1, -0.05) is 6.92 Å². The number of rotatable bonds is 3. The maximum absolute atomic E-state index is 4.17. The molecule has 0 spiro atoms. The van der Waals surface area contributed by atoms with Crippen LogP contribution in [0.25, 0.3) is 0 Å². The van der Waals surface area contributed by atoms with Crippen molar-refractivity contribution in [1.29, 1.82) is 0 Å². The largest absolute Gasteiger partial charge is 0.384 e. The van der Waals surface area contributed by atoms with Gasteiger partial charge in [0, 0.05) is 12.7 Å². The van der Waals surface area contributed by atoms with Gasteiger partial charge in [0.1, 0.15) is 0 Å². The molecule has 0 radical (unpaired) electrons. The Kier molecular flexibility index (Phi) is 2.90. The van der Waals surface area contributed by atoms with Crippen molar-refractivity contribution in [1.82, 2.24) is 4.98 Å². The molecule has 0 fully saturated rings. The summed E-state index contributed by atoms with van der Waals surface area (Å²) in [6, 6.07) is 4.00. The van der Waals surface area contributed by atoms with Crippen LogP contribution in [0.3, 0.4) is 0 Å². The van der Waals surface area contributed by atoms with Crippen LogP contribution < -0.4 is 5.32 Å². The van der Waals surface area contributed by atoms with Crippen molar-refractivity contribution >= 4 is 5.69 Å². The first-order valence-corrected chi connectivity index (χ1v) is 4.00. The molecule has 0 saturated carbocycles. The molecular formula is C9H14N2. The zero-order chi connectivity index (χ0) is 8.10. The topological polar surface area (TPSA) is 24.9 Å². The molecule has 0 bridgehead atoms. The number of aromatic nitrogens is 1. The van der Waals surface area contributed by atoms with Crippen molar-refractivity contribution in [3.05, 3.63) is 24.0 Å². The molecule has 0 amide bonds. The van der Waals surface area contributed by atoms with Gasteiger partial charge in [-0.2, -0.15) is 0 Å². The van der Waals surface area contributed by atoms with E-state index in [0.29, 0.717) is 0 Å². The van der Waals surface area contributed by atoms with Gasteiger partial charge in [-0.3, -0.25) is 4.98 Å². The summed E-state index contributed by atoms with van der Waals surface area (Å²) in [6.07, 6.45) is 2.96. The number of pyridine rings is 1. The minimum atomic E-state index is 1.02. The molecule has 0 aliphatic carbocycles. The number of nitrogens with one attached hydrogen (secondary N) is 1. The normalized spacial score (nSPS) is 9.64. The van der Waals surface area contributed by atoms with Crippen LogP contribution in [0.5, 0.6) is 0 Å². The van der Waals surface area contributed by atoms with E-state index in [4.69, 9.17) is 0 Å². The minimum absolute atomic E-state index is 1.02. The first kappa shape index (κ1) is 8.05. The lowest BCUT2D eigenvalue weighted by molar-refractivity contribution is 0.973. The van der Waals surface area contributed by atoms with E-state index in [0.717, 1.165) is 24.3 Å². The first-order chi connectivity index (χ1) is 5.34. The second-order valence-corrected chi connectivity index (χ2v) is 2.56. The predicted molar refractivity (Wildman–Crippen MR) is 47.8 cm³/mol. The molecule has 1 rings (SSSR count). The van der Waals surface area contributed by atoms with Crippen LogP contribution in [0, 0.1) is 6.92 Å². The van der Waals surface area contributed by atoms with Gasteiger partial charge in [-0.25, -0.2) is 0 Å². The quantitative estimate of drug-likeness (QED) is 0.714. The highest BCUT2D eigenvalue weighted by molar-refractivity contribution is 5.46. The third kappa shape index (κ3) is 2.22. The lowest BCUT2D eigenvalue weighted by Crippen LogP contribution is -2.01. The Balaban J connectivity index is 2.62. The molecule has 0 aromatic carbocycles. The summed E-state index contributed by atoms with van der Waals surface area (Å²) in [5.74, 6) is 0. The standard InChI is InChI=1S/C9H14N2/c1-3-6-11-9-5-4-7-10-8(9)2/h4-5,7,11H,3,6H2,1-2H3. The summed E-state index contributed by atoms with van der Waals surface area (Å²) in [5, 5.41) is 3.30. The molecule has 0 atom stereocenters. The fourth-order valence-corrected chi connectivity index (χ4v) is 0.931. The average molecular weight is 150 g/mol. The van der Waals surface area contributed by atoms with Crippen molar-refractivity contribution in [3.63, 3.8) is 0 Å². The van der Waals surface area contributed by atoms with E-state index in [2.05, 4.69) is 23.3 Å². The summed E-state index contributed by atoms with van der Waals surface area (Å²) < 4.78 is 0. The Morgan fingerprint density at radius 2 is 2.36 bits per heavy atom. The van der Waals surface area contributed by atoms with Crippen LogP contribution in [0.15, 0.2) is 18.3 Å². The second kappa shape index (κ2) is 3.96. The number of anilines is 1. The van der Waals surface area contributed by atoms with Crippen molar-refractivity contribution in [2.24, 2.45) is 0 Å². The van der Waals surface area contributed by atoms with E-state index in [1.807, 2.05) is 19.2 Å². The molecule has 1 aromatic heterocycles. The highest BCUT2D eigenvalue weighted by Gasteiger charge is 1.93. The lowest BCUT2D eigenvalue weighted by atomic mass is 10.3.